The highest BCUT2D eigenvalue weighted by molar-refractivity contribution is 5.93. The minimum absolute atomic E-state index is 0. The number of H-pyrrole nitrogens is 1. The summed E-state index contributed by atoms with van der Waals surface area (Å²) >= 11 is 0. The van der Waals surface area contributed by atoms with Crippen LogP contribution in [-0.2, 0) is 0 Å². The zero-order valence-corrected chi connectivity index (χ0v) is 11.4. The summed E-state index contributed by atoms with van der Waals surface area (Å²) in [6.45, 7) is 0.673. The van der Waals surface area contributed by atoms with Crippen LogP contribution >= 0.6 is 0 Å². The van der Waals surface area contributed by atoms with Gasteiger partial charge in [0.25, 0.3) is 0 Å². The van der Waals surface area contributed by atoms with Crippen LogP contribution in [-0.4, -0.2) is 21.6 Å². The molecule has 0 unspecified atom stereocenters. The van der Waals surface area contributed by atoms with Crippen LogP contribution < -0.4 is 10.1 Å². The minimum Gasteiger partial charge on any atom is -0.417 e. The first-order chi connectivity index (χ1) is 10.7. The molecule has 0 radical (unpaired) electrons. The summed E-state index contributed by atoms with van der Waals surface area (Å²) < 4.78 is 28.7. The summed E-state index contributed by atoms with van der Waals surface area (Å²) in [6, 6.07) is 6.80. The molecule has 7 heteroatoms. The van der Waals surface area contributed by atoms with Crippen molar-refractivity contribution in [2.75, 3.05) is 5.32 Å². The van der Waals surface area contributed by atoms with Crippen molar-refractivity contribution in [2.45, 2.75) is 6.61 Å². The number of halogens is 2. The van der Waals surface area contributed by atoms with Crippen molar-refractivity contribution in [3.63, 3.8) is 0 Å². The molecule has 0 aromatic carbocycles. The average molecular weight is 304 g/mol. The predicted molar refractivity (Wildman–Crippen MR) is 81.9 cm³/mol. The number of rotatable bonds is 5. The molecule has 0 amide bonds. The lowest BCUT2D eigenvalue weighted by molar-refractivity contribution is -0.0526. The summed E-state index contributed by atoms with van der Waals surface area (Å²) in [5, 5.41) is 3.69. The van der Waals surface area contributed by atoms with Crippen molar-refractivity contribution in [2.24, 2.45) is 0 Å². The third kappa shape index (κ3) is 2.73. The van der Waals surface area contributed by atoms with Gasteiger partial charge in [-0.1, -0.05) is 6.58 Å². The molecule has 0 atom stereocenters. The molecule has 3 aromatic heterocycles. The van der Waals surface area contributed by atoms with E-state index in [1.54, 1.807) is 24.7 Å². The number of hydrogen-bond acceptors (Lipinski definition) is 4. The van der Waals surface area contributed by atoms with Gasteiger partial charge in [-0.2, -0.15) is 13.8 Å². The first-order valence-electron chi connectivity index (χ1n) is 6.44. The number of hydrogen-bond donors (Lipinski definition) is 2. The predicted octanol–water partition coefficient (Wildman–Crippen LogP) is 4.03. The molecule has 3 rings (SSSR count). The summed E-state index contributed by atoms with van der Waals surface area (Å²) in [7, 11) is 0. The molecule has 0 aliphatic rings. The molecule has 0 spiro atoms. The molecule has 0 aliphatic heterocycles. The van der Waals surface area contributed by atoms with Crippen LogP contribution in [0.3, 0.4) is 0 Å². The second kappa shape index (κ2) is 5.80. The Labute approximate surface area is 126 Å². The summed E-state index contributed by atoms with van der Waals surface area (Å²) in [6.07, 6.45) is 5.00. The Morgan fingerprint density at radius 3 is 2.86 bits per heavy atom. The molecule has 3 heterocycles. The van der Waals surface area contributed by atoms with E-state index in [1.807, 2.05) is 12.1 Å². The van der Waals surface area contributed by atoms with Gasteiger partial charge in [0.2, 0.25) is 5.88 Å². The standard InChI is InChI=1S/C15H12F2N4O.H2/c1-2-18-12-5-3-9(7-19-12)11-8-20-14-10(11)4-6-13(21-14)22-15(16)17;/h2-8,15H,1H2,(H,18,19)(H,20,21);1H. The van der Waals surface area contributed by atoms with Crippen molar-refractivity contribution in [3.05, 3.63) is 49.4 Å². The van der Waals surface area contributed by atoms with E-state index in [-0.39, 0.29) is 7.31 Å². The highest BCUT2D eigenvalue weighted by atomic mass is 19.3. The Kier molecular flexibility index (Phi) is 3.69. The lowest BCUT2D eigenvalue weighted by Gasteiger charge is -2.04. The van der Waals surface area contributed by atoms with Crippen LogP contribution in [0.15, 0.2) is 49.4 Å². The lowest BCUT2D eigenvalue weighted by Crippen LogP contribution is -2.03. The molecule has 5 nitrogen and oxygen atoms in total. The minimum atomic E-state index is -2.89. The van der Waals surface area contributed by atoms with Gasteiger partial charge >= 0.3 is 6.61 Å². The highest BCUT2D eigenvalue weighted by Crippen LogP contribution is 2.29. The smallest absolute Gasteiger partial charge is 0.388 e. The van der Waals surface area contributed by atoms with E-state index in [0.717, 1.165) is 16.5 Å². The van der Waals surface area contributed by atoms with Gasteiger partial charge < -0.3 is 15.0 Å². The maximum atomic E-state index is 12.2. The number of alkyl halides is 2. The summed E-state index contributed by atoms with van der Waals surface area (Å²) in [5.41, 5.74) is 2.23. The Morgan fingerprint density at radius 2 is 2.18 bits per heavy atom. The molecule has 0 aliphatic carbocycles. The zero-order chi connectivity index (χ0) is 15.5. The van der Waals surface area contributed by atoms with Gasteiger partial charge in [0, 0.05) is 36.4 Å². The maximum absolute atomic E-state index is 12.2. The fourth-order valence-corrected chi connectivity index (χ4v) is 2.13. The van der Waals surface area contributed by atoms with Crippen molar-refractivity contribution in [1.82, 2.24) is 15.0 Å². The Hall–Kier alpha value is -2.96. The summed E-state index contributed by atoms with van der Waals surface area (Å²) in [5.74, 6) is 0.559. The average Bonchev–Trinajstić information content (AvgIpc) is 2.91. The Bertz CT molecular complexity index is 805. The van der Waals surface area contributed by atoms with E-state index in [2.05, 4.69) is 31.6 Å². The largest absolute Gasteiger partial charge is 0.417 e. The van der Waals surface area contributed by atoms with Crippen molar-refractivity contribution >= 4 is 16.9 Å². The molecular weight excluding hydrogens is 290 g/mol. The number of ether oxygens (including phenoxy) is 1. The first kappa shape index (κ1) is 14.0. The van der Waals surface area contributed by atoms with Crippen molar-refractivity contribution in [3.8, 4) is 17.0 Å². The van der Waals surface area contributed by atoms with Gasteiger partial charge in [-0.05, 0) is 24.4 Å². The van der Waals surface area contributed by atoms with Crippen LogP contribution in [0.5, 0.6) is 5.88 Å². The fraction of sp³-hybridized carbons (Fsp3) is 0.0667. The van der Waals surface area contributed by atoms with Gasteiger partial charge in [-0.15, -0.1) is 0 Å². The van der Waals surface area contributed by atoms with Gasteiger partial charge in [0.05, 0.1) is 0 Å². The van der Waals surface area contributed by atoms with Crippen LogP contribution in [0.25, 0.3) is 22.2 Å². The topological polar surface area (TPSA) is 62.8 Å². The number of nitrogens with zero attached hydrogens (tertiary/aromatic N) is 2. The second-order valence-electron chi connectivity index (χ2n) is 4.41. The number of fused-ring (bicyclic) bond motifs is 1. The maximum Gasteiger partial charge on any atom is 0.388 e. The van der Waals surface area contributed by atoms with Crippen LogP contribution in [0.1, 0.15) is 1.43 Å². The van der Waals surface area contributed by atoms with Crippen LogP contribution in [0.4, 0.5) is 14.6 Å². The van der Waals surface area contributed by atoms with Crippen LogP contribution in [0, 0.1) is 0 Å². The molecule has 22 heavy (non-hydrogen) atoms. The van der Waals surface area contributed by atoms with E-state index in [9.17, 15) is 8.78 Å². The van der Waals surface area contributed by atoms with Gasteiger partial charge in [-0.25, -0.2) is 4.98 Å². The molecule has 0 fully saturated rings. The van der Waals surface area contributed by atoms with Crippen LogP contribution in [0.2, 0.25) is 0 Å². The Morgan fingerprint density at radius 1 is 1.32 bits per heavy atom. The number of aromatic amines is 1. The first-order valence-corrected chi connectivity index (χ1v) is 6.44. The normalized spacial score (nSPS) is 10.9. The molecular formula is C15H14F2N4O. The van der Waals surface area contributed by atoms with E-state index >= 15 is 0 Å². The second-order valence-corrected chi connectivity index (χ2v) is 4.41. The molecule has 0 saturated heterocycles. The van der Waals surface area contributed by atoms with E-state index in [0.29, 0.717) is 11.5 Å². The van der Waals surface area contributed by atoms with Gasteiger partial charge in [0.1, 0.15) is 11.5 Å². The zero-order valence-electron chi connectivity index (χ0n) is 11.4. The number of aromatic nitrogens is 3. The number of pyridine rings is 2. The third-order valence-corrected chi connectivity index (χ3v) is 3.05. The van der Waals surface area contributed by atoms with E-state index in [4.69, 9.17) is 0 Å². The Balaban J connectivity index is 0.00000192. The molecule has 0 bridgehead atoms. The molecule has 0 saturated carbocycles. The van der Waals surface area contributed by atoms with Crippen molar-refractivity contribution in [1.29, 1.82) is 0 Å². The highest BCUT2D eigenvalue weighted by Gasteiger charge is 2.11. The lowest BCUT2D eigenvalue weighted by atomic mass is 10.1. The van der Waals surface area contributed by atoms with Crippen molar-refractivity contribution < 1.29 is 14.9 Å². The quantitative estimate of drug-likeness (QED) is 0.747. The van der Waals surface area contributed by atoms with E-state index in [1.165, 1.54) is 6.07 Å². The number of nitrogens with one attached hydrogen (secondary N) is 2. The van der Waals surface area contributed by atoms with Gasteiger partial charge in [0.15, 0.2) is 0 Å². The monoisotopic (exact) mass is 304 g/mol. The summed E-state index contributed by atoms with van der Waals surface area (Å²) in [4.78, 5) is 11.2. The van der Waals surface area contributed by atoms with Gasteiger partial charge in [-0.3, -0.25) is 0 Å². The molecule has 114 valence electrons. The SMILES string of the molecule is C=CNc1ccc(-c2c[nH]c3nc(OC(F)F)ccc23)cn1.[HH]. The number of anilines is 1. The fourth-order valence-electron chi connectivity index (χ4n) is 2.13. The molecule has 2 N–H and O–H groups in total. The molecule has 3 aromatic rings. The van der Waals surface area contributed by atoms with E-state index < -0.39 is 6.61 Å². The third-order valence-electron chi connectivity index (χ3n) is 3.05.